The molecule has 0 saturated carbocycles. The maximum atomic E-state index is 13.0. The molecule has 2 N–H and O–H groups in total. The van der Waals surface area contributed by atoms with Crippen LogP contribution >= 0.6 is 22.9 Å². The van der Waals surface area contributed by atoms with E-state index in [-0.39, 0.29) is 0 Å². The highest BCUT2D eigenvalue weighted by molar-refractivity contribution is 7.15. The van der Waals surface area contributed by atoms with Gasteiger partial charge in [-0.25, -0.2) is 9.78 Å². The van der Waals surface area contributed by atoms with Crippen molar-refractivity contribution in [3.05, 3.63) is 81.3 Å². The summed E-state index contributed by atoms with van der Waals surface area (Å²) in [6.07, 6.45) is 2.35. The molecule has 1 aliphatic rings. The van der Waals surface area contributed by atoms with Crippen molar-refractivity contribution < 1.29 is 14.4 Å². The number of hydrogen-bond acceptors (Lipinski definition) is 5. The van der Waals surface area contributed by atoms with E-state index in [2.05, 4.69) is 15.6 Å². The van der Waals surface area contributed by atoms with Crippen LogP contribution in [0.5, 0.6) is 0 Å². The number of carbonyl (C=O) groups excluding carboxylic acids is 3. The SMILES string of the molecule is Cc1ccc([C@@]2(C)NC(=O)N(CC(=O)Nc3ncc(Cc4ccc(Cl)cc4)s3)C2=O)cc1. The molecule has 0 aliphatic carbocycles. The number of rotatable bonds is 6. The number of benzene rings is 2. The minimum atomic E-state index is -1.21. The van der Waals surface area contributed by atoms with Gasteiger partial charge < -0.3 is 10.6 Å². The normalized spacial score (nSPS) is 18.0. The summed E-state index contributed by atoms with van der Waals surface area (Å²) >= 11 is 7.25. The fourth-order valence-electron chi connectivity index (χ4n) is 3.48. The Morgan fingerprint density at radius 2 is 1.84 bits per heavy atom. The van der Waals surface area contributed by atoms with Crippen molar-refractivity contribution in [3.63, 3.8) is 0 Å². The van der Waals surface area contributed by atoms with E-state index in [1.165, 1.54) is 11.3 Å². The third-order valence-electron chi connectivity index (χ3n) is 5.30. The second-order valence-corrected chi connectivity index (χ2v) is 9.35. The summed E-state index contributed by atoms with van der Waals surface area (Å²) < 4.78 is 0. The van der Waals surface area contributed by atoms with E-state index in [0.717, 1.165) is 20.9 Å². The number of nitrogens with one attached hydrogen (secondary N) is 2. The van der Waals surface area contributed by atoms with Crippen molar-refractivity contribution in [3.8, 4) is 0 Å². The average Bonchev–Trinajstić information content (AvgIpc) is 3.28. The molecule has 164 valence electrons. The Morgan fingerprint density at radius 3 is 2.53 bits per heavy atom. The Labute approximate surface area is 194 Å². The van der Waals surface area contributed by atoms with Gasteiger partial charge in [-0.2, -0.15) is 0 Å². The number of amides is 4. The summed E-state index contributed by atoms with van der Waals surface area (Å²) in [6.45, 7) is 3.19. The Kier molecular flexibility index (Phi) is 5.99. The van der Waals surface area contributed by atoms with Crippen LogP contribution in [-0.4, -0.2) is 34.3 Å². The Hall–Kier alpha value is -3.23. The molecule has 1 aromatic heterocycles. The molecule has 1 aliphatic heterocycles. The number of hydrogen-bond donors (Lipinski definition) is 2. The molecule has 4 amide bonds. The molecule has 1 atom stereocenters. The minimum absolute atomic E-state index is 0.391. The Morgan fingerprint density at radius 1 is 1.16 bits per heavy atom. The zero-order valence-corrected chi connectivity index (χ0v) is 19.1. The van der Waals surface area contributed by atoms with Crippen LogP contribution in [0.2, 0.25) is 5.02 Å². The van der Waals surface area contributed by atoms with Crippen LogP contribution in [0.3, 0.4) is 0 Å². The lowest BCUT2D eigenvalue weighted by molar-refractivity contribution is -0.133. The highest BCUT2D eigenvalue weighted by Gasteiger charge is 2.49. The summed E-state index contributed by atoms with van der Waals surface area (Å²) in [5.74, 6) is -0.960. The van der Waals surface area contributed by atoms with Gasteiger partial charge in [0.15, 0.2) is 5.13 Å². The summed E-state index contributed by atoms with van der Waals surface area (Å²) in [6, 6.07) is 14.3. The molecule has 0 radical (unpaired) electrons. The van der Waals surface area contributed by atoms with Crippen LogP contribution in [0.1, 0.15) is 28.5 Å². The van der Waals surface area contributed by atoms with Crippen molar-refractivity contribution in [1.29, 1.82) is 0 Å². The van der Waals surface area contributed by atoms with Gasteiger partial charge in [-0.1, -0.05) is 53.6 Å². The molecule has 0 bridgehead atoms. The molecule has 9 heteroatoms. The van der Waals surface area contributed by atoms with Gasteiger partial charge in [-0.05, 0) is 37.1 Å². The van der Waals surface area contributed by atoms with Crippen molar-refractivity contribution in [2.24, 2.45) is 0 Å². The molecule has 32 heavy (non-hydrogen) atoms. The third kappa shape index (κ3) is 4.51. The van der Waals surface area contributed by atoms with Crippen molar-refractivity contribution in [2.75, 3.05) is 11.9 Å². The molecule has 0 spiro atoms. The Balaban J connectivity index is 1.39. The largest absolute Gasteiger partial charge is 0.325 e. The summed E-state index contributed by atoms with van der Waals surface area (Å²) in [7, 11) is 0. The van der Waals surface area contributed by atoms with Crippen LogP contribution < -0.4 is 10.6 Å². The fraction of sp³-hybridized carbons (Fsp3) is 0.217. The predicted molar refractivity (Wildman–Crippen MR) is 124 cm³/mol. The van der Waals surface area contributed by atoms with E-state index in [0.29, 0.717) is 22.1 Å². The first-order valence-corrected chi connectivity index (χ1v) is 11.1. The summed E-state index contributed by atoms with van der Waals surface area (Å²) in [5.41, 5.74) is 1.57. The highest BCUT2D eigenvalue weighted by atomic mass is 35.5. The number of nitrogens with zero attached hydrogens (tertiary/aromatic N) is 2. The number of halogens is 1. The summed E-state index contributed by atoms with van der Waals surface area (Å²) in [5, 5.41) is 6.46. The van der Waals surface area contributed by atoms with Crippen LogP contribution in [0, 0.1) is 6.92 Å². The number of carbonyl (C=O) groups is 3. The maximum absolute atomic E-state index is 13.0. The first-order chi connectivity index (χ1) is 15.2. The monoisotopic (exact) mass is 468 g/mol. The molecule has 7 nitrogen and oxygen atoms in total. The van der Waals surface area contributed by atoms with Gasteiger partial charge in [0.2, 0.25) is 5.91 Å². The molecule has 1 saturated heterocycles. The standard InChI is InChI=1S/C23H21ClN4O3S/c1-14-3-7-16(8-4-14)23(2)20(30)28(22(31)27-23)13-19(29)26-21-25-12-18(32-21)11-15-5-9-17(24)10-6-15/h3-10,12H,11,13H2,1-2H3,(H,27,31)(H,25,26,29)/t23-/m1/s1. The van der Waals surface area contributed by atoms with Gasteiger partial charge in [0.05, 0.1) is 0 Å². The van der Waals surface area contributed by atoms with Crippen molar-refractivity contribution in [2.45, 2.75) is 25.8 Å². The number of aryl methyl sites for hydroxylation is 1. The van der Waals surface area contributed by atoms with Gasteiger partial charge in [-0.3, -0.25) is 14.5 Å². The van der Waals surface area contributed by atoms with E-state index in [1.807, 2.05) is 43.3 Å². The molecule has 0 unspecified atom stereocenters. The van der Waals surface area contributed by atoms with Gasteiger partial charge in [0.1, 0.15) is 12.1 Å². The first kappa shape index (κ1) is 22.0. The van der Waals surface area contributed by atoms with E-state index in [9.17, 15) is 14.4 Å². The van der Waals surface area contributed by atoms with E-state index >= 15 is 0 Å². The smallest absolute Gasteiger partial charge is 0.319 e. The molecular formula is C23H21ClN4O3S. The van der Waals surface area contributed by atoms with Crippen LogP contribution in [0.25, 0.3) is 0 Å². The Bertz CT molecular complexity index is 1180. The average molecular weight is 469 g/mol. The predicted octanol–water partition coefficient (Wildman–Crippen LogP) is 4.10. The van der Waals surface area contributed by atoms with E-state index in [4.69, 9.17) is 11.6 Å². The van der Waals surface area contributed by atoms with Crippen molar-refractivity contribution in [1.82, 2.24) is 15.2 Å². The van der Waals surface area contributed by atoms with Crippen LogP contribution in [0.15, 0.2) is 54.7 Å². The van der Waals surface area contributed by atoms with Gasteiger partial charge in [-0.15, -0.1) is 11.3 Å². The molecule has 1 fully saturated rings. The molecular weight excluding hydrogens is 448 g/mol. The lowest BCUT2D eigenvalue weighted by Crippen LogP contribution is -2.42. The van der Waals surface area contributed by atoms with Gasteiger partial charge >= 0.3 is 6.03 Å². The van der Waals surface area contributed by atoms with Gasteiger partial charge in [0, 0.05) is 22.5 Å². The number of aromatic nitrogens is 1. The van der Waals surface area contributed by atoms with Crippen LogP contribution in [0.4, 0.5) is 9.93 Å². The van der Waals surface area contributed by atoms with Gasteiger partial charge in [0.25, 0.3) is 5.91 Å². The summed E-state index contributed by atoms with van der Waals surface area (Å²) in [4.78, 5) is 44.1. The van der Waals surface area contributed by atoms with E-state index < -0.39 is 29.9 Å². The highest BCUT2D eigenvalue weighted by Crippen LogP contribution is 2.29. The zero-order chi connectivity index (χ0) is 22.9. The number of urea groups is 1. The number of imide groups is 1. The number of anilines is 1. The molecule has 2 aromatic carbocycles. The molecule has 2 heterocycles. The third-order valence-corrected chi connectivity index (χ3v) is 6.46. The lowest BCUT2D eigenvalue weighted by Gasteiger charge is -2.22. The second-order valence-electron chi connectivity index (χ2n) is 7.80. The zero-order valence-electron chi connectivity index (χ0n) is 17.5. The fourth-order valence-corrected chi connectivity index (χ4v) is 4.46. The van der Waals surface area contributed by atoms with Crippen LogP contribution in [-0.2, 0) is 21.5 Å². The molecule has 4 rings (SSSR count). The second kappa shape index (κ2) is 8.72. The molecule has 3 aromatic rings. The topological polar surface area (TPSA) is 91.4 Å². The first-order valence-electron chi connectivity index (χ1n) is 9.95. The lowest BCUT2D eigenvalue weighted by atomic mass is 9.91. The van der Waals surface area contributed by atoms with Crippen molar-refractivity contribution >= 4 is 45.9 Å². The minimum Gasteiger partial charge on any atom is -0.319 e. The maximum Gasteiger partial charge on any atom is 0.325 e. The van der Waals surface area contributed by atoms with E-state index in [1.54, 1.807) is 25.3 Å². The quantitative estimate of drug-likeness (QED) is 0.533. The number of thiazole rings is 1.